The number of fused-ring (bicyclic) bond motifs is 2. The smallest absolute Gasteiger partial charge is 0.276 e. The molecule has 0 atom stereocenters. The summed E-state index contributed by atoms with van der Waals surface area (Å²) in [4.78, 5) is 48.4. The molecule has 230 valence electrons. The van der Waals surface area contributed by atoms with E-state index in [-0.39, 0.29) is 18.4 Å². The van der Waals surface area contributed by atoms with E-state index in [0.29, 0.717) is 59.5 Å². The van der Waals surface area contributed by atoms with Gasteiger partial charge < -0.3 is 30.8 Å². The number of hydrogen-bond donors (Lipinski definition) is 4. The van der Waals surface area contributed by atoms with Crippen LogP contribution in [-0.2, 0) is 24.4 Å². The number of nitrogens with two attached hydrogens (primary N) is 2. The second-order valence-electron chi connectivity index (χ2n) is 10.4. The zero-order chi connectivity index (χ0) is 31.5. The average Bonchev–Trinajstić information content (AvgIpc) is 3.70. The molecule has 3 heterocycles. The summed E-state index contributed by atoms with van der Waals surface area (Å²) in [6, 6.07) is 12.6. The number of benzene rings is 2. The van der Waals surface area contributed by atoms with Crippen molar-refractivity contribution in [1.82, 2.24) is 28.9 Å². The van der Waals surface area contributed by atoms with Gasteiger partial charge in [-0.2, -0.15) is 5.10 Å². The molecule has 0 unspecified atom stereocenters. The van der Waals surface area contributed by atoms with Crippen LogP contribution in [0.1, 0.15) is 46.3 Å². The van der Waals surface area contributed by atoms with Crippen LogP contribution in [0.3, 0.4) is 0 Å². The van der Waals surface area contributed by atoms with Gasteiger partial charge in [-0.3, -0.25) is 24.4 Å². The lowest BCUT2D eigenvalue weighted by atomic mass is 10.2. The lowest BCUT2D eigenvalue weighted by molar-refractivity contribution is -0.117. The van der Waals surface area contributed by atoms with E-state index in [1.54, 1.807) is 43.0 Å². The minimum absolute atomic E-state index is 0.140. The Hall–Kier alpha value is -5.24. The van der Waals surface area contributed by atoms with E-state index in [1.807, 2.05) is 36.6 Å². The van der Waals surface area contributed by atoms with Crippen LogP contribution in [0, 0.1) is 6.92 Å². The molecule has 0 aliphatic heterocycles. The molecule has 3 amide bonds. The molecular formula is C30H37N11O3. The van der Waals surface area contributed by atoms with Crippen LogP contribution < -0.4 is 27.0 Å². The second kappa shape index (κ2) is 12.6. The van der Waals surface area contributed by atoms with Gasteiger partial charge in [0.25, 0.3) is 5.91 Å². The summed E-state index contributed by atoms with van der Waals surface area (Å²) >= 11 is 0. The molecule has 44 heavy (non-hydrogen) atoms. The van der Waals surface area contributed by atoms with Crippen molar-refractivity contribution >= 4 is 57.4 Å². The summed E-state index contributed by atoms with van der Waals surface area (Å²) in [7, 11) is 3.46. The van der Waals surface area contributed by atoms with Crippen LogP contribution in [0.2, 0.25) is 0 Å². The summed E-state index contributed by atoms with van der Waals surface area (Å²) in [5.41, 5.74) is 16.2. The number of para-hydroxylation sites is 1. The Morgan fingerprint density at radius 2 is 1.70 bits per heavy atom. The minimum atomic E-state index is -0.501. The van der Waals surface area contributed by atoms with Gasteiger partial charge in [0, 0.05) is 39.3 Å². The first-order chi connectivity index (χ1) is 21.2. The van der Waals surface area contributed by atoms with Crippen LogP contribution in [0.25, 0.3) is 22.1 Å². The van der Waals surface area contributed by atoms with Gasteiger partial charge in [0.1, 0.15) is 11.2 Å². The van der Waals surface area contributed by atoms with Crippen molar-refractivity contribution in [2.24, 2.45) is 11.5 Å². The van der Waals surface area contributed by atoms with Gasteiger partial charge in [-0.1, -0.05) is 6.07 Å². The number of carbonyl (C=O) groups excluding carboxylic acids is 3. The number of rotatable bonds is 12. The third-order valence-corrected chi connectivity index (χ3v) is 7.60. The number of nitrogens with one attached hydrogen (secondary N) is 2. The first-order valence-corrected chi connectivity index (χ1v) is 14.5. The fraction of sp³-hybridized carbons (Fsp3) is 0.333. The number of unbranched alkanes of at least 4 members (excludes halogenated alkanes) is 1. The van der Waals surface area contributed by atoms with Gasteiger partial charge in [-0.15, -0.1) is 0 Å². The quantitative estimate of drug-likeness (QED) is 0.158. The molecule has 0 saturated carbocycles. The van der Waals surface area contributed by atoms with E-state index < -0.39 is 5.91 Å². The molecule has 0 saturated heterocycles. The van der Waals surface area contributed by atoms with Gasteiger partial charge in [0.2, 0.25) is 23.7 Å². The van der Waals surface area contributed by atoms with Crippen molar-refractivity contribution in [1.29, 1.82) is 0 Å². The highest BCUT2D eigenvalue weighted by Crippen LogP contribution is 2.30. The summed E-state index contributed by atoms with van der Waals surface area (Å²) in [6.45, 7) is 5.38. The maximum absolute atomic E-state index is 13.4. The SMILES string of the molecule is CCn1nc(C)cc1C(=O)Nc1nc2c(N(C)C(=O)CN)cccc2n1CCCCn1c(NC)nc2cc(C(N)=O)ccc21. The van der Waals surface area contributed by atoms with Crippen molar-refractivity contribution in [3.63, 3.8) is 0 Å². The van der Waals surface area contributed by atoms with Gasteiger partial charge in [0.15, 0.2) is 0 Å². The Morgan fingerprint density at radius 3 is 2.36 bits per heavy atom. The normalized spacial score (nSPS) is 11.3. The van der Waals surface area contributed by atoms with Crippen LogP contribution in [0.15, 0.2) is 42.5 Å². The first kappa shape index (κ1) is 30.2. The molecule has 5 aromatic rings. The summed E-state index contributed by atoms with van der Waals surface area (Å²) in [5.74, 6) is -0.0242. The predicted molar refractivity (Wildman–Crippen MR) is 170 cm³/mol. The number of amides is 3. The molecule has 5 rings (SSSR count). The Balaban J connectivity index is 1.44. The molecule has 14 heteroatoms. The number of carbonyl (C=O) groups is 3. The van der Waals surface area contributed by atoms with Crippen LogP contribution >= 0.6 is 0 Å². The number of hydrogen-bond acceptors (Lipinski definition) is 8. The van der Waals surface area contributed by atoms with Crippen molar-refractivity contribution in [3.8, 4) is 0 Å². The monoisotopic (exact) mass is 599 g/mol. The van der Waals surface area contributed by atoms with Gasteiger partial charge >= 0.3 is 0 Å². The zero-order valence-corrected chi connectivity index (χ0v) is 25.3. The fourth-order valence-electron chi connectivity index (χ4n) is 5.37. The highest BCUT2D eigenvalue weighted by atomic mass is 16.2. The fourth-order valence-corrected chi connectivity index (χ4v) is 5.37. The Bertz CT molecular complexity index is 1870. The number of anilines is 3. The zero-order valence-electron chi connectivity index (χ0n) is 25.3. The van der Waals surface area contributed by atoms with Crippen molar-refractivity contribution < 1.29 is 14.4 Å². The molecule has 3 aromatic heterocycles. The van der Waals surface area contributed by atoms with Crippen molar-refractivity contribution in [2.75, 3.05) is 36.2 Å². The number of nitrogens with zero attached hydrogens (tertiary/aromatic N) is 7. The van der Waals surface area contributed by atoms with Crippen molar-refractivity contribution in [3.05, 3.63) is 59.4 Å². The summed E-state index contributed by atoms with van der Waals surface area (Å²) < 4.78 is 5.67. The standard InChI is InChI=1S/C30H37N11O3/c1-5-41-24(15-18(2)37-41)28(44)36-30-35-26-22(38(4)25(42)17-31)9-8-10-23(26)40(30)14-7-6-13-39-21-12-11-19(27(32)43)16-20(21)34-29(39)33-3/h8-12,15-16H,5-7,13-14,17,31H2,1-4H3,(H2,32,43)(H,33,34)(H,35,36,44). The maximum Gasteiger partial charge on any atom is 0.276 e. The number of primary amides is 1. The Morgan fingerprint density at radius 1 is 0.977 bits per heavy atom. The third-order valence-electron chi connectivity index (χ3n) is 7.60. The summed E-state index contributed by atoms with van der Waals surface area (Å²) in [5, 5.41) is 10.5. The molecule has 14 nitrogen and oxygen atoms in total. The van der Waals surface area contributed by atoms with E-state index in [2.05, 4.69) is 25.3 Å². The molecule has 2 aromatic carbocycles. The lowest BCUT2D eigenvalue weighted by Crippen LogP contribution is -2.32. The van der Waals surface area contributed by atoms with Crippen LogP contribution in [-0.4, -0.2) is 67.2 Å². The molecule has 0 radical (unpaired) electrons. The van der Waals surface area contributed by atoms with E-state index in [1.165, 1.54) is 4.90 Å². The average molecular weight is 600 g/mol. The van der Waals surface area contributed by atoms with E-state index >= 15 is 0 Å². The molecule has 0 aliphatic carbocycles. The molecular weight excluding hydrogens is 562 g/mol. The Labute approximate surface area is 254 Å². The van der Waals surface area contributed by atoms with E-state index in [4.69, 9.17) is 16.5 Å². The molecule has 0 bridgehead atoms. The Kier molecular flexibility index (Phi) is 8.62. The highest BCUT2D eigenvalue weighted by molar-refractivity contribution is 6.05. The van der Waals surface area contributed by atoms with E-state index in [9.17, 15) is 14.4 Å². The lowest BCUT2D eigenvalue weighted by Gasteiger charge is -2.16. The minimum Gasteiger partial charge on any atom is -0.366 e. The molecule has 0 fully saturated rings. The number of imidazole rings is 2. The number of aryl methyl sites for hydroxylation is 4. The van der Waals surface area contributed by atoms with Crippen molar-refractivity contribution in [2.45, 2.75) is 46.3 Å². The second-order valence-corrected chi connectivity index (χ2v) is 10.4. The summed E-state index contributed by atoms with van der Waals surface area (Å²) in [6.07, 6.45) is 1.52. The van der Waals surface area contributed by atoms with Crippen LogP contribution in [0.4, 0.5) is 17.6 Å². The number of aromatic nitrogens is 6. The molecule has 6 N–H and O–H groups in total. The van der Waals surface area contributed by atoms with Crippen LogP contribution in [0.5, 0.6) is 0 Å². The first-order valence-electron chi connectivity index (χ1n) is 14.5. The van der Waals surface area contributed by atoms with Gasteiger partial charge in [-0.25, -0.2) is 9.97 Å². The van der Waals surface area contributed by atoms with Gasteiger partial charge in [0.05, 0.1) is 34.5 Å². The highest BCUT2D eigenvalue weighted by Gasteiger charge is 2.21. The molecule has 0 aliphatic rings. The largest absolute Gasteiger partial charge is 0.366 e. The van der Waals surface area contributed by atoms with E-state index in [0.717, 1.165) is 29.6 Å². The predicted octanol–water partition coefficient (Wildman–Crippen LogP) is 2.71. The van der Waals surface area contributed by atoms with Gasteiger partial charge in [-0.05, 0) is 63.1 Å². The number of likely N-dealkylation sites (N-methyl/N-ethyl adjacent to an activating group) is 1. The third kappa shape index (κ3) is 5.71. The topological polar surface area (TPSA) is 184 Å². The molecule has 0 spiro atoms. The maximum atomic E-state index is 13.4.